The lowest BCUT2D eigenvalue weighted by atomic mass is 10.2. The molecule has 0 N–H and O–H groups in total. The number of benzene rings is 2. The molecule has 0 aliphatic carbocycles. The number of aromatic nitrogens is 4. The molecule has 1 aromatic heterocycles. The molecule has 0 bridgehead atoms. The first-order valence-electron chi connectivity index (χ1n) is 8.90. The quantitative estimate of drug-likeness (QED) is 0.653. The van der Waals surface area contributed by atoms with Gasteiger partial charge in [-0.15, -0.1) is 10.2 Å². The summed E-state index contributed by atoms with van der Waals surface area (Å²) >= 11 is 12.1. The number of nitrogens with zero attached hydrogens (tertiary/aromatic N) is 6. The summed E-state index contributed by atoms with van der Waals surface area (Å²) in [5, 5.41) is 13.6. The maximum Gasteiger partial charge on any atom is 0.246 e. The van der Waals surface area contributed by atoms with Gasteiger partial charge in [0.25, 0.3) is 0 Å². The fraction of sp³-hybridized carbons (Fsp3) is 0.263. The zero-order valence-electron chi connectivity index (χ0n) is 15.0. The van der Waals surface area contributed by atoms with Gasteiger partial charge < -0.3 is 9.80 Å². The van der Waals surface area contributed by atoms with Gasteiger partial charge in [0.2, 0.25) is 11.7 Å². The van der Waals surface area contributed by atoms with E-state index >= 15 is 0 Å². The number of carbonyl (C=O) groups excluding carboxylic acids is 1. The molecule has 1 saturated heterocycles. The summed E-state index contributed by atoms with van der Waals surface area (Å²) in [5.74, 6) is 0.418. The minimum absolute atomic E-state index is 0.0270. The molecule has 144 valence electrons. The summed E-state index contributed by atoms with van der Waals surface area (Å²) in [6.07, 6.45) is 0. The van der Waals surface area contributed by atoms with Crippen molar-refractivity contribution in [2.75, 3.05) is 31.1 Å². The fourth-order valence-electron chi connectivity index (χ4n) is 3.16. The highest BCUT2D eigenvalue weighted by Crippen LogP contribution is 2.21. The Bertz CT molecular complexity index is 984. The summed E-state index contributed by atoms with van der Waals surface area (Å²) in [7, 11) is 0. The molecule has 28 heavy (non-hydrogen) atoms. The molecule has 7 nitrogen and oxygen atoms in total. The fourth-order valence-corrected chi connectivity index (χ4v) is 3.54. The second-order valence-corrected chi connectivity index (χ2v) is 7.37. The first-order chi connectivity index (χ1) is 13.6. The minimum Gasteiger partial charge on any atom is -0.368 e. The van der Waals surface area contributed by atoms with E-state index < -0.39 is 0 Å². The molecular weight excluding hydrogens is 399 g/mol. The van der Waals surface area contributed by atoms with Crippen LogP contribution in [0.1, 0.15) is 0 Å². The molecule has 9 heteroatoms. The van der Waals surface area contributed by atoms with Crippen LogP contribution in [0.3, 0.4) is 0 Å². The van der Waals surface area contributed by atoms with E-state index in [1.807, 2.05) is 41.3 Å². The molecular formula is C19H18Cl2N6O. The van der Waals surface area contributed by atoms with E-state index in [0.717, 1.165) is 24.3 Å². The Balaban J connectivity index is 1.35. The van der Waals surface area contributed by atoms with Crippen LogP contribution >= 0.6 is 23.2 Å². The maximum absolute atomic E-state index is 12.6. The van der Waals surface area contributed by atoms with E-state index in [9.17, 15) is 4.79 Å². The third kappa shape index (κ3) is 4.26. The van der Waals surface area contributed by atoms with Gasteiger partial charge in [0.05, 0.1) is 0 Å². The van der Waals surface area contributed by atoms with Gasteiger partial charge in [-0.3, -0.25) is 4.79 Å². The standard InChI is InChI=1S/C19H18Cl2N6O/c20-15-4-1-3-14(11-15)19-22-24-27(23-19)13-18(28)26-9-7-25(8-10-26)17-6-2-5-16(21)12-17/h1-6,11-12H,7-10,13H2. The van der Waals surface area contributed by atoms with Gasteiger partial charge in [0.1, 0.15) is 6.54 Å². The highest BCUT2D eigenvalue weighted by molar-refractivity contribution is 6.31. The molecule has 1 fully saturated rings. The van der Waals surface area contributed by atoms with E-state index in [0.29, 0.717) is 29.0 Å². The third-order valence-electron chi connectivity index (χ3n) is 4.62. The number of anilines is 1. The van der Waals surface area contributed by atoms with Crippen molar-refractivity contribution in [1.29, 1.82) is 0 Å². The molecule has 0 radical (unpaired) electrons. The van der Waals surface area contributed by atoms with Gasteiger partial charge in [-0.05, 0) is 35.5 Å². The predicted octanol–water partition coefficient (Wildman–Crippen LogP) is 3.00. The van der Waals surface area contributed by atoms with E-state index in [2.05, 4.69) is 20.3 Å². The SMILES string of the molecule is O=C(Cn1nnc(-c2cccc(Cl)c2)n1)N1CCN(c2cccc(Cl)c2)CC1. The first-order valence-corrected chi connectivity index (χ1v) is 9.66. The molecule has 3 aromatic rings. The Morgan fingerprint density at radius 2 is 1.68 bits per heavy atom. The van der Waals surface area contributed by atoms with Gasteiger partial charge >= 0.3 is 0 Å². The molecule has 0 unspecified atom stereocenters. The average molecular weight is 417 g/mol. The van der Waals surface area contributed by atoms with Crippen LogP contribution in [0.4, 0.5) is 5.69 Å². The largest absolute Gasteiger partial charge is 0.368 e. The van der Waals surface area contributed by atoms with Gasteiger partial charge in [-0.25, -0.2) is 0 Å². The number of hydrogen-bond acceptors (Lipinski definition) is 5. The van der Waals surface area contributed by atoms with E-state index in [-0.39, 0.29) is 12.5 Å². The number of tetrazole rings is 1. The van der Waals surface area contributed by atoms with Crippen molar-refractivity contribution in [2.24, 2.45) is 0 Å². The second-order valence-electron chi connectivity index (χ2n) is 6.50. The molecule has 2 heterocycles. The Kier molecular flexibility index (Phi) is 5.45. The lowest BCUT2D eigenvalue weighted by molar-refractivity contribution is -0.132. The van der Waals surface area contributed by atoms with Crippen LogP contribution in [0.15, 0.2) is 48.5 Å². The number of halogens is 2. The zero-order valence-corrected chi connectivity index (χ0v) is 16.5. The Morgan fingerprint density at radius 3 is 2.39 bits per heavy atom. The van der Waals surface area contributed by atoms with Crippen molar-refractivity contribution in [2.45, 2.75) is 6.54 Å². The predicted molar refractivity (Wildman–Crippen MR) is 109 cm³/mol. The molecule has 1 aliphatic heterocycles. The van der Waals surface area contributed by atoms with Gasteiger partial charge in [0, 0.05) is 47.5 Å². The van der Waals surface area contributed by atoms with E-state index in [4.69, 9.17) is 23.2 Å². The number of carbonyl (C=O) groups is 1. The minimum atomic E-state index is -0.0270. The van der Waals surface area contributed by atoms with Crippen LogP contribution in [0.2, 0.25) is 10.0 Å². The van der Waals surface area contributed by atoms with Crippen molar-refractivity contribution in [3.8, 4) is 11.4 Å². The molecule has 0 atom stereocenters. The van der Waals surface area contributed by atoms with Crippen LogP contribution < -0.4 is 4.90 Å². The molecule has 1 amide bonds. The van der Waals surface area contributed by atoms with Crippen LogP contribution in [-0.4, -0.2) is 57.2 Å². The lowest BCUT2D eigenvalue weighted by Crippen LogP contribution is -2.49. The van der Waals surface area contributed by atoms with Crippen LogP contribution in [0.25, 0.3) is 11.4 Å². The highest BCUT2D eigenvalue weighted by Gasteiger charge is 2.22. The van der Waals surface area contributed by atoms with Crippen molar-refractivity contribution >= 4 is 34.8 Å². The third-order valence-corrected chi connectivity index (χ3v) is 5.09. The number of hydrogen-bond donors (Lipinski definition) is 0. The van der Waals surface area contributed by atoms with E-state index in [1.165, 1.54) is 4.80 Å². The Hall–Kier alpha value is -2.64. The summed E-state index contributed by atoms with van der Waals surface area (Å²) in [5.41, 5.74) is 1.84. The zero-order chi connectivity index (χ0) is 19.5. The number of piperazine rings is 1. The van der Waals surface area contributed by atoms with Crippen LogP contribution in [-0.2, 0) is 11.3 Å². The summed E-state index contributed by atoms with van der Waals surface area (Å²) in [6.45, 7) is 2.85. The van der Waals surface area contributed by atoms with Crippen molar-refractivity contribution in [1.82, 2.24) is 25.1 Å². The molecule has 1 aliphatic rings. The van der Waals surface area contributed by atoms with Gasteiger partial charge in [-0.2, -0.15) is 4.80 Å². The van der Waals surface area contributed by atoms with Crippen molar-refractivity contribution in [3.05, 3.63) is 58.6 Å². The molecule has 4 rings (SSSR count). The first kappa shape index (κ1) is 18.7. The van der Waals surface area contributed by atoms with Gasteiger partial charge in [-0.1, -0.05) is 41.4 Å². The average Bonchev–Trinajstić information content (AvgIpc) is 3.17. The molecule has 0 spiro atoms. The smallest absolute Gasteiger partial charge is 0.246 e. The van der Waals surface area contributed by atoms with Crippen LogP contribution in [0.5, 0.6) is 0 Å². The maximum atomic E-state index is 12.6. The lowest BCUT2D eigenvalue weighted by Gasteiger charge is -2.36. The number of amides is 1. The van der Waals surface area contributed by atoms with Crippen molar-refractivity contribution in [3.63, 3.8) is 0 Å². The molecule has 2 aromatic carbocycles. The Labute approximate surface area is 172 Å². The Morgan fingerprint density at radius 1 is 0.964 bits per heavy atom. The summed E-state index contributed by atoms with van der Waals surface area (Å²) in [4.78, 5) is 18.0. The van der Waals surface area contributed by atoms with Gasteiger partial charge in [0.15, 0.2) is 0 Å². The number of rotatable bonds is 4. The molecule has 0 saturated carbocycles. The summed E-state index contributed by atoms with van der Waals surface area (Å²) in [6, 6.07) is 15.0. The monoisotopic (exact) mass is 416 g/mol. The second kappa shape index (κ2) is 8.16. The topological polar surface area (TPSA) is 67.2 Å². The van der Waals surface area contributed by atoms with Crippen LogP contribution in [0, 0.1) is 0 Å². The summed E-state index contributed by atoms with van der Waals surface area (Å²) < 4.78 is 0. The van der Waals surface area contributed by atoms with E-state index in [1.54, 1.807) is 12.1 Å². The highest BCUT2D eigenvalue weighted by atomic mass is 35.5. The normalized spacial score (nSPS) is 14.4. The van der Waals surface area contributed by atoms with Crippen molar-refractivity contribution < 1.29 is 4.79 Å².